The summed E-state index contributed by atoms with van der Waals surface area (Å²) < 4.78 is 5.69. The number of nitrogens with one attached hydrogen (secondary N) is 1. The first-order valence-electron chi connectivity index (χ1n) is 6.53. The number of carbonyl (C=O) groups excluding carboxylic acids is 1. The van der Waals surface area contributed by atoms with E-state index in [0.29, 0.717) is 12.3 Å². The van der Waals surface area contributed by atoms with Crippen LogP contribution in [0, 0.1) is 0 Å². The Morgan fingerprint density at radius 2 is 2.25 bits per heavy atom. The molecule has 0 spiro atoms. The van der Waals surface area contributed by atoms with Gasteiger partial charge in [0.2, 0.25) is 0 Å². The topological polar surface area (TPSA) is 93.9 Å². The second kappa shape index (κ2) is 6.29. The second-order valence-electron chi connectivity index (χ2n) is 4.62. The van der Waals surface area contributed by atoms with E-state index in [1.807, 2.05) is 31.2 Å². The molecule has 0 saturated carbocycles. The van der Waals surface area contributed by atoms with Crippen LogP contribution in [0.15, 0.2) is 24.3 Å². The highest BCUT2D eigenvalue weighted by atomic mass is 16.5. The van der Waals surface area contributed by atoms with E-state index < -0.39 is 5.91 Å². The zero-order chi connectivity index (χ0) is 14.5. The van der Waals surface area contributed by atoms with Crippen LogP contribution < -0.4 is 5.73 Å². The number of amides is 1. The normalized spacial score (nSPS) is 12.3. The summed E-state index contributed by atoms with van der Waals surface area (Å²) in [6, 6.07) is 7.64. The number of carbonyl (C=O) groups is 1. The van der Waals surface area contributed by atoms with Crippen molar-refractivity contribution in [1.82, 2.24) is 15.4 Å². The third kappa shape index (κ3) is 3.21. The highest BCUT2D eigenvalue weighted by Crippen LogP contribution is 2.21. The van der Waals surface area contributed by atoms with Gasteiger partial charge in [0.25, 0.3) is 5.91 Å². The summed E-state index contributed by atoms with van der Waals surface area (Å²) in [4.78, 5) is 11.3. The fourth-order valence-corrected chi connectivity index (χ4v) is 1.77. The monoisotopic (exact) mass is 274 g/mol. The van der Waals surface area contributed by atoms with E-state index in [0.717, 1.165) is 17.5 Å². The molecule has 0 bridgehead atoms. The second-order valence-corrected chi connectivity index (χ2v) is 4.62. The van der Waals surface area contributed by atoms with Crippen molar-refractivity contribution < 1.29 is 9.53 Å². The molecule has 1 heterocycles. The van der Waals surface area contributed by atoms with E-state index in [4.69, 9.17) is 10.5 Å². The lowest BCUT2D eigenvalue weighted by atomic mass is 10.1. The van der Waals surface area contributed by atoms with Gasteiger partial charge in [-0.3, -0.25) is 4.79 Å². The Morgan fingerprint density at radius 3 is 2.95 bits per heavy atom. The molecule has 0 aliphatic heterocycles. The van der Waals surface area contributed by atoms with Gasteiger partial charge in [-0.15, -0.1) is 0 Å². The Hall–Kier alpha value is -2.21. The molecule has 0 radical (unpaired) electrons. The van der Waals surface area contributed by atoms with Gasteiger partial charge in [-0.25, -0.2) is 0 Å². The minimum absolute atomic E-state index is 0.144. The summed E-state index contributed by atoms with van der Waals surface area (Å²) in [6.07, 6.45) is 1.18. The Kier molecular flexibility index (Phi) is 4.47. The highest BCUT2D eigenvalue weighted by molar-refractivity contribution is 5.96. The van der Waals surface area contributed by atoms with Crippen molar-refractivity contribution in [3.63, 3.8) is 0 Å². The van der Waals surface area contributed by atoms with Gasteiger partial charge >= 0.3 is 0 Å². The van der Waals surface area contributed by atoms with Gasteiger partial charge in [0, 0.05) is 5.56 Å². The van der Waals surface area contributed by atoms with Gasteiger partial charge in [-0.05, 0) is 25.0 Å². The average Bonchev–Trinajstić information content (AvgIpc) is 2.94. The van der Waals surface area contributed by atoms with Crippen LogP contribution >= 0.6 is 0 Å². The summed E-state index contributed by atoms with van der Waals surface area (Å²) >= 11 is 0. The molecule has 20 heavy (non-hydrogen) atoms. The third-order valence-corrected chi connectivity index (χ3v) is 3.09. The first-order chi connectivity index (χ1) is 9.61. The average molecular weight is 274 g/mol. The lowest BCUT2D eigenvalue weighted by Crippen LogP contribution is -2.12. The van der Waals surface area contributed by atoms with Gasteiger partial charge in [-0.1, -0.05) is 25.1 Å². The predicted molar refractivity (Wildman–Crippen MR) is 74.9 cm³/mol. The number of hydrogen-bond donors (Lipinski definition) is 2. The van der Waals surface area contributed by atoms with E-state index in [1.54, 1.807) is 0 Å². The van der Waals surface area contributed by atoms with Crippen LogP contribution in [0.25, 0.3) is 11.3 Å². The Balaban J connectivity index is 2.21. The molecule has 0 aliphatic carbocycles. The van der Waals surface area contributed by atoms with Crippen molar-refractivity contribution in [2.75, 3.05) is 0 Å². The molecular formula is C14H18N4O2. The van der Waals surface area contributed by atoms with Gasteiger partial charge in [-0.2, -0.15) is 15.4 Å². The molecule has 1 unspecified atom stereocenters. The molecule has 106 valence electrons. The number of nitrogens with zero attached hydrogens (tertiary/aromatic N) is 2. The summed E-state index contributed by atoms with van der Waals surface area (Å²) in [5, 5.41) is 10.2. The van der Waals surface area contributed by atoms with Crippen LogP contribution in [-0.2, 0) is 11.3 Å². The maximum Gasteiger partial charge on any atom is 0.271 e. The van der Waals surface area contributed by atoms with Crippen molar-refractivity contribution in [1.29, 1.82) is 0 Å². The molecule has 6 nitrogen and oxygen atoms in total. The van der Waals surface area contributed by atoms with Crippen LogP contribution in [0.4, 0.5) is 0 Å². The van der Waals surface area contributed by atoms with Crippen molar-refractivity contribution in [2.45, 2.75) is 33.0 Å². The number of hydrogen-bond acceptors (Lipinski definition) is 4. The Bertz CT molecular complexity index is 594. The van der Waals surface area contributed by atoms with E-state index in [1.165, 1.54) is 0 Å². The maximum absolute atomic E-state index is 11.3. The van der Waals surface area contributed by atoms with Crippen LogP contribution in [0.1, 0.15) is 36.3 Å². The molecular weight excluding hydrogens is 256 g/mol. The van der Waals surface area contributed by atoms with E-state index in [2.05, 4.69) is 22.3 Å². The van der Waals surface area contributed by atoms with Gasteiger partial charge in [0.15, 0.2) is 5.69 Å². The molecule has 3 N–H and O–H groups in total. The fourth-order valence-electron chi connectivity index (χ4n) is 1.77. The predicted octanol–water partition coefficient (Wildman–Crippen LogP) is 1.89. The molecule has 0 fully saturated rings. The van der Waals surface area contributed by atoms with Crippen molar-refractivity contribution in [2.24, 2.45) is 5.73 Å². The SMILES string of the molecule is CCC(C)OCc1cccc(-c2n[nH]nc2C(N)=O)c1. The van der Waals surface area contributed by atoms with Crippen LogP contribution in [-0.4, -0.2) is 27.4 Å². The number of aromatic nitrogens is 3. The lowest BCUT2D eigenvalue weighted by Gasteiger charge is -2.11. The first-order valence-corrected chi connectivity index (χ1v) is 6.53. The van der Waals surface area contributed by atoms with Crippen LogP contribution in [0.3, 0.4) is 0 Å². The van der Waals surface area contributed by atoms with E-state index >= 15 is 0 Å². The number of benzene rings is 1. The highest BCUT2D eigenvalue weighted by Gasteiger charge is 2.15. The molecule has 0 aliphatic rings. The number of rotatable bonds is 6. The summed E-state index contributed by atoms with van der Waals surface area (Å²) in [5.74, 6) is -0.602. The van der Waals surface area contributed by atoms with E-state index in [-0.39, 0.29) is 11.8 Å². The molecule has 1 aromatic heterocycles. The largest absolute Gasteiger partial charge is 0.374 e. The zero-order valence-electron chi connectivity index (χ0n) is 11.6. The van der Waals surface area contributed by atoms with Crippen molar-refractivity contribution >= 4 is 5.91 Å². The molecule has 1 atom stereocenters. The summed E-state index contributed by atoms with van der Waals surface area (Å²) in [7, 11) is 0. The summed E-state index contributed by atoms with van der Waals surface area (Å²) in [6.45, 7) is 4.63. The molecule has 2 rings (SSSR count). The standard InChI is InChI=1S/C14H18N4O2/c1-3-9(2)20-8-10-5-4-6-11(7-10)12-13(14(15)19)17-18-16-12/h4-7,9H,3,8H2,1-2H3,(H2,15,19)(H,16,17,18). The number of aromatic amines is 1. The number of nitrogens with two attached hydrogens (primary N) is 1. The maximum atomic E-state index is 11.3. The minimum atomic E-state index is -0.602. The molecule has 1 aromatic carbocycles. The van der Waals surface area contributed by atoms with Gasteiger partial charge < -0.3 is 10.5 Å². The number of primary amides is 1. The fraction of sp³-hybridized carbons (Fsp3) is 0.357. The molecule has 2 aromatic rings. The quantitative estimate of drug-likeness (QED) is 0.841. The smallest absolute Gasteiger partial charge is 0.271 e. The third-order valence-electron chi connectivity index (χ3n) is 3.09. The van der Waals surface area contributed by atoms with Crippen molar-refractivity contribution in [3.05, 3.63) is 35.5 Å². The number of ether oxygens (including phenoxy) is 1. The first kappa shape index (κ1) is 14.2. The zero-order valence-corrected chi connectivity index (χ0v) is 11.6. The molecule has 6 heteroatoms. The van der Waals surface area contributed by atoms with Gasteiger partial charge in [0.05, 0.1) is 12.7 Å². The molecule has 0 saturated heterocycles. The Labute approximate surface area is 117 Å². The van der Waals surface area contributed by atoms with Gasteiger partial charge in [0.1, 0.15) is 5.69 Å². The Morgan fingerprint density at radius 1 is 1.45 bits per heavy atom. The minimum Gasteiger partial charge on any atom is -0.374 e. The lowest BCUT2D eigenvalue weighted by molar-refractivity contribution is 0.0509. The summed E-state index contributed by atoms with van der Waals surface area (Å²) in [5.41, 5.74) is 7.67. The van der Waals surface area contributed by atoms with Crippen LogP contribution in [0.5, 0.6) is 0 Å². The number of H-pyrrole nitrogens is 1. The van der Waals surface area contributed by atoms with Crippen molar-refractivity contribution in [3.8, 4) is 11.3 Å². The van der Waals surface area contributed by atoms with Crippen LogP contribution in [0.2, 0.25) is 0 Å². The van der Waals surface area contributed by atoms with E-state index in [9.17, 15) is 4.79 Å². The molecule has 1 amide bonds.